The van der Waals surface area contributed by atoms with Gasteiger partial charge in [0.05, 0.1) is 11.5 Å². The van der Waals surface area contributed by atoms with Gasteiger partial charge in [0.25, 0.3) is 0 Å². The van der Waals surface area contributed by atoms with E-state index >= 15 is 0 Å². The van der Waals surface area contributed by atoms with Gasteiger partial charge in [-0.05, 0) is 12.1 Å². The van der Waals surface area contributed by atoms with Gasteiger partial charge in [0.2, 0.25) is 10.0 Å². The van der Waals surface area contributed by atoms with Gasteiger partial charge < -0.3 is 10.4 Å². The summed E-state index contributed by atoms with van der Waals surface area (Å²) in [6.45, 7) is 1.31. The lowest BCUT2D eigenvalue weighted by Gasteiger charge is -2.06. The van der Waals surface area contributed by atoms with Crippen LogP contribution in [0.2, 0.25) is 0 Å². The minimum absolute atomic E-state index is 0.0471. The minimum Gasteiger partial charge on any atom is -0.395 e. The molecule has 5 nitrogen and oxygen atoms in total. The highest BCUT2D eigenvalue weighted by atomic mass is 32.2. The lowest BCUT2D eigenvalue weighted by Crippen LogP contribution is -2.32. The largest absolute Gasteiger partial charge is 0.395 e. The maximum Gasteiger partial charge on any atom is 0.240 e. The predicted molar refractivity (Wildman–Crippen MR) is 61.6 cm³/mol. The van der Waals surface area contributed by atoms with E-state index in [9.17, 15) is 8.42 Å². The molecule has 90 valence electrons. The Labute approximate surface area is 95.5 Å². The van der Waals surface area contributed by atoms with E-state index in [-0.39, 0.29) is 11.5 Å². The van der Waals surface area contributed by atoms with Crippen LogP contribution in [-0.4, -0.2) is 39.8 Å². The van der Waals surface area contributed by atoms with Crippen LogP contribution in [0.25, 0.3) is 0 Å². The SMILES string of the molecule is O=S(=O)(NCCNCCO)c1ccccc1. The van der Waals surface area contributed by atoms with E-state index in [4.69, 9.17) is 5.11 Å². The molecule has 0 aliphatic heterocycles. The molecule has 1 aromatic rings. The van der Waals surface area contributed by atoms with Gasteiger partial charge in [0, 0.05) is 19.6 Å². The molecule has 1 rings (SSSR count). The lowest BCUT2D eigenvalue weighted by atomic mass is 10.4. The zero-order valence-corrected chi connectivity index (χ0v) is 9.70. The molecule has 16 heavy (non-hydrogen) atoms. The van der Waals surface area contributed by atoms with E-state index in [1.165, 1.54) is 0 Å². The highest BCUT2D eigenvalue weighted by Gasteiger charge is 2.11. The van der Waals surface area contributed by atoms with Gasteiger partial charge in [0.15, 0.2) is 0 Å². The number of aliphatic hydroxyl groups is 1. The molecule has 0 atom stereocenters. The van der Waals surface area contributed by atoms with Crippen LogP contribution >= 0.6 is 0 Å². The summed E-state index contributed by atoms with van der Waals surface area (Å²) in [5, 5.41) is 11.4. The Morgan fingerprint density at radius 3 is 2.38 bits per heavy atom. The van der Waals surface area contributed by atoms with Gasteiger partial charge in [-0.15, -0.1) is 0 Å². The summed E-state index contributed by atoms with van der Waals surface area (Å²) >= 11 is 0. The van der Waals surface area contributed by atoms with Crippen LogP contribution in [0.5, 0.6) is 0 Å². The highest BCUT2D eigenvalue weighted by Crippen LogP contribution is 2.05. The normalized spacial score (nSPS) is 11.6. The summed E-state index contributed by atoms with van der Waals surface area (Å²) in [6, 6.07) is 8.21. The molecule has 0 amide bonds. The molecule has 0 saturated heterocycles. The number of hydrogen-bond donors (Lipinski definition) is 3. The van der Waals surface area contributed by atoms with Crippen molar-refractivity contribution in [3.63, 3.8) is 0 Å². The molecule has 0 fully saturated rings. The van der Waals surface area contributed by atoms with Crippen molar-refractivity contribution in [2.24, 2.45) is 0 Å². The maximum atomic E-state index is 11.7. The Kier molecular flexibility index (Phi) is 5.41. The number of aliphatic hydroxyl groups excluding tert-OH is 1. The van der Waals surface area contributed by atoms with Gasteiger partial charge in [0.1, 0.15) is 0 Å². The summed E-state index contributed by atoms with van der Waals surface area (Å²) in [4.78, 5) is 0.261. The first-order valence-corrected chi connectivity index (χ1v) is 6.51. The van der Waals surface area contributed by atoms with Crippen LogP contribution in [-0.2, 0) is 10.0 Å². The van der Waals surface area contributed by atoms with Crippen LogP contribution in [0.4, 0.5) is 0 Å². The molecule has 0 aromatic heterocycles. The third kappa shape index (κ3) is 4.28. The summed E-state index contributed by atoms with van der Waals surface area (Å²) in [6.07, 6.45) is 0. The molecule has 0 radical (unpaired) electrons. The number of benzene rings is 1. The quantitative estimate of drug-likeness (QED) is 0.568. The molecule has 0 spiro atoms. The molecule has 0 unspecified atom stereocenters. The Morgan fingerprint density at radius 2 is 1.75 bits per heavy atom. The van der Waals surface area contributed by atoms with Gasteiger partial charge in [-0.25, -0.2) is 13.1 Å². The fourth-order valence-electron chi connectivity index (χ4n) is 1.16. The molecule has 6 heteroatoms. The number of sulfonamides is 1. The first kappa shape index (κ1) is 13.1. The summed E-state index contributed by atoms with van der Waals surface area (Å²) in [7, 11) is -3.40. The smallest absolute Gasteiger partial charge is 0.240 e. The minimum atomic E-state index is -3.40. The van der Waals surface area contributed by atoms with E-state index < -0.39 is 10.0 Å². The highest BCUT2D eigenvalue weighted by molar-refractivity contribution is 7.89. The van der Waals surface area contributed by atoms with Crippen molar-refractivity contribution in [2.75, 3.05) is 26.2 Å². The third-order valence-electron chi connectivity index (χ3n) is 1.94. The average Bonchev–Trinajstić information content (AvgIpc) is 2.30. The van der Waals surface area contributed by atoms with Crippen LogP contribution in [0.3, 0.4) is 0 Å². The van der Waals surface area contributed by atoms with Gasteiger partial charge >= 0.3 is 0 Å². The van der Waals surface area contributed by atoms with E-state index in [1.54, 1.807) is 30.3 Å². The van der Waals surface area contributed by atoms with Gasteiger partial charge in [-0.1, -0.05) is 18.2 Å². The van der Waals surface area contributed by atoms with Crippen LogP contribution < -0.4 is 10.0 Å². The molecular formula is C10H16N2O3S. The monoisotopic (exact) mass is 244 g/mol. The Bertz CT molecular complexity index is 392. The second-order valence-electron chi connectivity index (χ2n) is 3.18. The van der Waals surface area contributed by atoms with Crippen molar-refractivity contribution < 1.29 is 13.5 Å². The zero-order chi connectivity index (χ0) is 11.9. The Morgan fingerprint density at radius 1 is 1.06 bits per heavy atom. The van der Waals surface area contributed by atoms with Crippen molar-refractivity contribution in [2.45, 2.75) is 4.90 Å². The Balaban J connectivity index is 2.41. The van der Waals surface area contributed by atoms with Crippen molar-refractivity contribution in [3.05, 3.63) is 30.3 Å². The fraction of sp³-hybridized carbons (Fsp3) is 0.400. The van der Waals surface area contributed by atoms with Crippen molar-refractivity contribution in [3.8, 4) is 0 Å². The van der Waals surface area contributed by atoms with E-state index in [2.05, 4.69) is 10.0 Å². The molecule has 0 heterocycles. The van der Waals surface area contributed by atoms with Crippen molar-refractivity contribution >= 4 is 10.0 Å². The lowest BCUT2D eigenvalue weighted by molar-refractivity contribution is 0.293. The van der Waals surface area contributed by atoms with Crippen LogP contribution in [0.15, 0.2) is 35.2 Å². The fourth-order valence-corrected chi connectivity index (χ4v) is 2.21. The van der Waals surface area contributed by atoms with Gasteiger partial charge in [-0.3, -0.25) is 0 Å². The summed E-state index contributed by atoms with van der Waals surface area (Å²) < 4.78 is 25.8. The number of hydrogen-bond acceptors (Lipinski definition) is 4. The molecule has 0 aliphatic carbocycles. The first-order valence-electron chi connectivity index (χ1n) is 5.03. The van der Waals surface area contributed by atoms with Crippen molar-refractivity contribution in [1.29, 1.82) is 0 Å². The van der Waals surface area contributed by atoms with Crippen LogP contribution in [0.1, 0.15) is 0 Å². The maximum absolute atomic E-state index is 11.7. The molecule has 0 saturated carbocycles. The van der Waals surface area contributed by atoms with E-state index in [0.717, 1.165) is 0 Å². The standard InChI is InChI=1S/C10H16N2O3S/c13-9-8-11-6-7-12-16(14,15)10-4-2-1-3-5-10/h1-5,11-13H,6-9H2. The van der Waals surface area contributed by atoms with Gasteiger partial charge in [-0.2, -0.15) is 0 Å². The Hall–Kier alpha value is -0.950. The zero-order valence-electron chi connectivity index (χ0n) is 8.89. The first-order chi connectivity index (χ1) is 7.67. The number of rotatable bonds is 7. The molecule has 1 aromatic carbocycles. The van der Waals surface area contributed by atoms with E-state index in [1.807, 2.05) is 0 Å². The number of nitrogens with one attached hydrogen (secondary N) is 2. The second-order valence-corrected chi connectivity index (χ2v) is 4.95. The van der Waals surface area contributed by atoms with E-state index in [0.29, 0.717) is 19.6 Å². The predicted octanol–water partition coefficient (Wildman–Crippen LogP) is -0.453. The molecular weight excluding hydrogens is 228 g/mol. The summed E-state index contributed by atoms with van der Waals surface area (Å²) in [5.41, 5.74) is 0. The van der Waals surface area contributed by atoms with Crippen molar-refractivity contribution in [1.82, 2.24) is 10.0 Å². The van der Waals surface area contributed by atoms with Crippen LogP contribution in [0, 0.1) is 0 Å². The molecule has 3 N–H and O–H groups in total. The molecule has 0 bridgehead atoms. The third-order valence-corrected chi connectivity index (χ3v) is 3.41. The topological polar surface area (TPSA) is 78.4 Å². The second kappa shape index (κ2) is 6.59. The summed E-state index contributed by atoms with van der Waals surface area (Å²) in [5.74, 6) is 0. The average molecular weight is 244 g/mol. The molecule has 0 aliphatic rings.